The zero-order chi connectivity index (χ0) is 27.2. The van der Waals surface area contributed by atoms with Crippen molar-refractivity contribution < 1.29 is 28.2 Å². The van der Waals surface area contributed by atoms with E-state index in [2.05, 4.69) is 11.4 Å². The van der Waals surface area contributed by atoms with Crippen molar-refractivity contribution in [3.63, 3.8) is 0 Å². The van der Waals surface area contributed by atoms with E-state index in [9.17, 15) is 24.0 Å². The Hall–Kier alpha value is -3.89. The highest BCUT2D eigenvalue weighted by atomic mass is 127. The molecule has 0 spiro atoms. The normalized spacial score (nSPS) is 13.9. The second-order valence-corrected chi connectivity index (χ2v) is 10.1. The summed E-state index contributed by atoms with van der Waals surface area (Å²) in [6.45, 7) is -0.314. The van der Waals surface area contributed by atoms with Crippen molar-refractivity contribution >= 4 is 63.2 Å². The van der Waals surface area contributed by atoms with Crippen molar-refractivity contribution in [3.8, 4) is 17.6 Å². The first-order valence-corrected chi connectivity index (χ1v) is 13.0. The summed E-state index contributed by atoms with van der Waals surface area (Å²) in [7, 11) is 1.45. The zero-order valence-corrected chi connectivity index (χ0v) is 22.8. The number of amides is 3. The van der Waals surface area contributed by atoms with Gasteiger partial charge in [-0.3, -0.25) is 19.3 Å². The molecule has 1 aliphatic heterocycles. The number of methoxy groups -OCH3 is 1. The fraction of sp³-hybridized carbons (Fsp3) is 0.111. The summed E-state index contributed by atoms with van der Waals surface area (Å²) in [5, 5.41) is 11.5. The summed E-state index contributed by atoms with van der Waals surface area (Å²) < 4.78 is 24.8. The lowest BCUT2D eigenvalue weighted by atomic mass is 10.1. The number of anilines is 1. The molecule has 3 aromatic rings. The number of carbonyl (C=O) groups excluding carboxylic acids is 3. The van der Waals surface area contributed by atoms with Gasteiger partial charge in [0.05, 0.1) is 33.8 Å². The molecule has 0 aromatic heterocycles. The van der Waals surface area contributed by atoms with Crippen LogP contribution in [0.1, 0.15) is 16.7 Å². The number of hydrogen-bond acceptors (Lipinski definition) is 7. The Morgan fingerprint density at radius 1 is 1.18 bits per heavy atom. The Balaban J connectivity index is 1.47. The Kier molecular flexibility index (Phi) is 8.65. The number of halogens is 2. The van der Waals surface area contributed by atoms with Crippen molar-refractivity contribution in [1.82, 2.24) is 4.90 Å². The van der Waals surface area contributed by atoms with Crippen LogP contribution in [0.25, 0.3) is 6.08 Å². The molecule has 0 unspecified atom stereocenters. The summed E-state index contributed by atoms with van der Waals surface area (Å²) in [4.78, 5) is 39.2. The summed E-state index contributed by atoms with van der Waals surface area (Å²) in [5.41, 5.74) is 2.01. The topological polar surface area (TPSA) is 109 Å². The van der Waals surface area contributed by atoms with Crippen LogP contribution in [0.2, 0.25) is 0 Å². The molecule has 38 heavy (non-hydrogen) atoms. The highest BCUT2D eigenvalue weighted by Gasteiger charge is 2.35. The molecule has 0 aliphatic carbocycles. The summed E-state index contributed by atoms with van der Waals surface area (Å²) in [6, 6.07) is 17.6. The zero-order valence-electron chi connectivity index (χ0n) is 19.9. The molecule has 8 nitrogen and oxygen atoms in total. The predicted octanol–water partition coefficient (Wildman–Crippen LogP) is 5.56. The van der Waals surface area contributed by atoms with Crippen molar-refractivity contribution in [2.75, 3.05) is 19.0 Å². The number of imide groups is 1. The number of ether oxygens (including phenoxy) is 2. The van der Waals surface area contributed by atoms with Gasteiger partial charge in [0.2, 0.25) is 0 Å². The lowest BCUT2D eigenvalue weighted by molar-refractivity contribution is -0.123. The van der Waals surface area contributed by atoms with Gasteiger partial charge in [-0.1, -0.05) is 18.2 Å². The predicted molar refractivity (Wildman–Crippen MR) is 149 cm³/mol. The molecule has 11 heteroatoms. The van der Waals surface area contributed by atoms with Crippen LogP contribution in [-0.4, -0.2) is 35.7 Å². The van der Waals surface area contributed by atoms with Crippen LogP contribution in [0.3, 0.4) is 0 Å². The summed E-state index contributed by atoms with van der Waals surface area (Å²) in [5.74, 6) is -0.641. The Morgan fingerprint density at radius 3 is 2.63 bits per heavy atom. The van der Waals surface area contributed by atoms with Crippen LogP contribution >= 0.6 is 34.4 Å². The quantitative estimate of drug-likeness (QED) is 0.253. The van der Waals surface area contributed by atoms with E-state index in [-0.39, 0.29) is 18.1 Å². The van der Waals surface area contributed by atoms with E-state index >= 15 is 0 Å². The van der Waals surface area contributed by atoms with Gasteiger partial charge < -0.3 is 14.8 Å². The maximum absolute atomic E-state index is 13.1. The van der Waals surface area contributed by atoms with Crippen molar-refractivity contribution in [1.29, 1.82) is 5.26 Å². The van der Waals surface area contributed by atoms with E-state index in [1.54, 1.807) is 42.5 Å². The van der Waals surface area contributed by atoms with E-state index < -0.39 is 22.9 Å². The number of rotatable bonds is 8. The Labute approximate surface area is 235 Å². The smallest absolute Gasteiger partial charge is 0.293 e. The van der Waals surface area contributed by atoms with Crippen LogP contribution < -0.4 is 14.8 Å². The number of hydrogen-bond donors (Lipinski definition) is 1. The molecular weight excluding hydrogens is 624 g/mol. The third-order valence-electron chi connectivity index (χ3n) is 5.36. The molecule has 0 radical (unpaired) electrons. The molecule has 1 fully saturated rings. The number of carbonyl (C=O) groups is 3. The lowest BCUT2D eigenvalue weighted by Crippen LogP contribution is -2.27. The maximum Gasteiger partial charge on any atom is 0.293 e. The van der Waals surface area contributed by atoms with Gasteiger partial charge in [0.15, 0.2) is 18.1 Å². The van der Waals surface area contributed by atoms with Gasteiger partial charge in [-0.2, -0.15) is 5.26 Å². The molecule has 1 N–H and O–H groups in total. The number of thioether (sulfide) groups is 1. The first kappa shape index (κ1) is 27.2. The molecule has 1 heterocycles. The minimum Gasteiger partial charge on any atom is -0.493 e. The van der Waals surface area contributed by atoms with Gasteiger partial charge in [-0.05, 0) is 94.0 Å². The molecule has 4 rings (SSSR count). The number of nitrogens with one attached hydrogen (secondary N) is 1. The highest BCUT2D eigenvalue weighted by molar-refractivity contribution is 14.1. The summed E-state index contributed by atoms with van der Waals surface area (Å²) in [6.07, 6.45) is 1.58. The van der Waals surface area contributed by atoms with Crippen molar-refractivity contribution in [3.05, 3.63) is 91.6 Å². The van der Waals surface area contributed by atoms with E-state index in [0.29, 0.717) is 37.4 Å². The average Bonchev–Trinajstić information content (AvgIpc) is 3.16. The van der Waals surface area contributed by atoms with E-state index in [4.69, 9.17) is 9.47 Å². The second kappa shape index (κ2) is 12.1. The molecule has 0 atom stereocenters. The SMILES string of the molecule is COc1cc(/C=C2/SC(=O)N(Cc3ccccc3C#N)C2=O)cc(I)c1OCC(=O)Nc1ccc(F)cc1. The third kappa shape index (κ3) is 6.32. The largest absolute Gasteiger partial charge is 0.493 e. The van der Waals surface area contributed by atoms with Crippen LogP contribution in [0.4, 0.5) is 14.9 Å². The molecule has 3 aromatic carbocycles. The Morgan fingerprint density at radius 2 is 1.92 bits per heavy atom. The summed E-state index contributed by atoms with van der Waals surface area (Å²) >= 11 is 2.84. The molecule has 0 saturated carbocycles. The van der Waals surface area contributed by atoms with Crippen LogP contribution in [0, 0.1) is 20.7 Å². The van der Waals surface area contributed by atoms with E-state index in [0.717, 1.165) is 16.7 Å². The fourth-order valence-electron chi connectivity index (χ4n) is 3.56. The lowest BCUT2D eigenvalue weighted by Gasteiger charge is -2.14. The van der Waals surface area contributed by atoms with Crippen molar-refractivity contribution in [2.24, 2.45) is 0 Å². The van der Waals surface area contributed by atoms with Gasteiger partial charge in [0, 0.05) is 5.69 Å². The first-order chi connectivity index (χ1) is 18.3. The maximum atomic E-state index is 13.1. The number of benzene rings is 3. The number of nitrogens with zero attached hydrogens (tertiary/aromatic N) is 2. The fourth-order valence-corrected chi connectivity index (χ4v) is 5.18. The van der Waals surface area contributed by atoms with E-state index in [1.807, 2.05) is 22.6 Å². The number of nitriles is 1. The third-order valence-corrected chi connectivity index (χ3v) is 7.07. The minimum atomic E-state index is -0.459. The van der Waals surface area contributed by atoms with Crippen LogP contribution in [0.15, 0.2) is 65.6 Å². The molecule has 3 amide bonds. The Bertz CT molecular complexity index is 1490. The van der Waals surface area contributed by atoms with Gasteiger partial charge in [-0.15, -0.1) is 0 Å². The van der Waals surface area contributed by atoms with Crippen LogP contribution in [0.5, 0.6) is 11.5 Å². The highest BCUT2D eigenvalue weighted by Crippen LogP contribution is 2.38. The monoisotopic (exact) mass is 643 g/mol. The second-order valence-electron chi connectivity index (χ2n) is 7.91. The average molecular weight is 643 g/mol. The standard InChI is InChI=1S/C27H19FIN3O5S/c1-36-22-11-16(10-21(29)25(22)37-15-24(33)31-20-8-6-19(28)7-9-20)12-23-26(34)32(27(35)38-23)14-18-5-3-2-4-17(18)13-30/h2-12H,14-15H2,1H3,(H,31,33)/b23-12+. The minimum absolute atomic E-state index is 0.000636. The van der Waals surface area contributed by atoms with Gasteiger partial charge in [0.1, 0.15) is 5.82 Å². The molecule has 192 valence electrons. The van der Waals surface area contributed by atoms with Gasteiger partial charge >= 0.3 is 0 Å². The molecule has 0 bridgehead atoms. The van der Waals surface area contributed by atoms with Crippen LogP contribution in [-0.2, 0) is 16.1 Å². The van der Waals surface area contributed by atoms with Gasteiger partial charge in [0.25, 0.3) is 17.1 Å². The first-order valence-electron chi connectivity index (χ1n) is 11.1. The van der Waals surface area contributed by atoms with Gasteiger partial charge in [-0.25, -0.2) is 4.39 Å². The van der Waals surface area contributed by atoms with Crippen molar-refractivity contribution in [2.45, 2.75) is 6.54 Å². The molecular formula is C27H19FIN3O5S. The van der Waals surface area contributed by atoms with E-state index in [1.165, 1.54) is 31.4 Å². The molecule has 1 saturated heterocycles. The molecule has 1 aliphatic rings.